The Kier molecular flexibility index (Phi) is 3.21. The summed E-state index contributed by atoms with van der Waals surface area (Å²) in [5.74, 6) is 0. The minimum atomic E-state index is -0.0831. The van der Waals surface area contributed by atoms with E-state index in [1.165, 1.54) is 5.56 Å². The molecular weight excluding hydrogens is 246 g/mol. The van der Waals surface area contributed by atoms with Crippen molar-refractivity contribution in [2.75, 3.05) is 0 Å². The van der Waals surface area contributed by atoms with E-state index in [4.69, 9.17) is 0 Å². The summed E-state index contributed by atoms with van der Waals surface area (Å²) in [5.41, 5.74) is 5.14. The second-order valence-corrected chi connectivity index (χ2v) is 4.84. The number of aromatic amines is 1. The van der Waals surface area contributed by atoms with Gasteiger partial charge in [0.1, 0.15) is 0 Å². The molecule has 20 heavy (non-hydrogen) atoms. The Hall–Kier alpha value is -2.61. The molecule has 1 heterocycles. The molecule has 98 valence electrons. The molecule has 0 fully saturated rings. The van der Waals surface area contributed by atoms with Crippen LogP contribution in [0.4, 0.5) is 0 Å². The molecule has 0 unspecified atom stereocenters. The van der Waals surface area contributed by atoms with Crippen molar-refractivity contribution in [3.8, 4) is 22.4 Å². The second kappa shape index (κ2) is 5.17. The minimum absolute atomic E-state index is 0.0831. The topological polar surface area (TPSA) is 32.9 Å². The van der Waals surface area contributed by atoms with Crippen LogP contribution in [-0.2, 0) is 0 Å². The summed E-state index contributed by atoms with van der Waals surface area (Å²) >= 11 is 0. The van der Waals surface area contributed by atoms with Crippen LogP contribution in [0.5, 0.6) is 0 Å². The van der Waals surface area contributed by atoms with Gasteiger partial charge >= 0.3 is 0 Å². The fourth-order valence-corrected chi connectivity index (χ4v) is 2.28. The van der Waals surface area contributed by atoms with Crippen LogP contribution in [0.15, 0.2) is 71.5 Å². The molecule has 3 aromatic rings. The van der Waals surface area contributed by atoms with E-state index in [0.29, 0.717) is 0 Å². The summed E-state index contributed by atoms with van der Waals surface area (Å²) in [6.07, 6.45) is 0. The lowest BCUT2D eigenvalue weighted by atomic mass is 9.99. The van der Waals surface area contributed by atoms with Gasteiger partial charge in [-0.15, -0.1) is 0 Å². The Morgan fingerprint density at radius 1 is 0.750 bits per heavy atom. The molecule has 0 atom stereocenters. The second-order valence-electron chi connectivity index (χ2n) is 4.84. The molecule has 0 aliphatic rings. The average molecular weight is 261 g/mol. The van der Waals surface area contributed by atoms with Crippen molar-refractivity contribution in [1.82, 2.24) is 4.98 Å². The first-order valence-electron chi connectivity index (χ1n) is 6.60. The molecule has 1 N–H and O–H groups in total. The van der Waals surface area contributed by atoms with Gasteiger partial charge in [0.25, 0.3) is 0 Å². The number of hydrogen-bond donors (Lipinski definition) is 1. The van der Waals surface area contributed by atoms with E-state index in [1.54, 1.807) is 6.07 Å². The van der Waals surface area contributed by atoms with E-state index in [0.717, 1.165) is 22.4 Å². The van der Waals surface area contributed by atoms with Gasteiger partial charge in [-0.3, -0.25) is 4.79 Å². The molecule has 0 aliphatic heterocycles. The SMILES string of the molecule is Cc1ccc(-c2[nH]c(=O)ccc2-c2ccccc2)cc1. The number of benzene rings is 2. The lowest BCUT2D eigenvalue weighted by Gasteiger charge is -2.10. The number of aromatic nitrogens is 1. The van der Waals surface area contributed by atoms with E-state index >= 15 is 0 Å². The fourth-order valence-electron chi connectivity index (χ4n) is 2.28. The molecule has 0 saturated carbocycles. The van der Waals surface area contributed by atoms with E-state index < -0.39 is 0 Å². The van der Waals surface area contributed by atoms with Crippen LogP contribution in [0, 0.1) is 6.92 Å². The number of H-pyrrole nitrogens is 1. The lowest BCUT2D eigenvalue weighted by molar-refractivity contribution is 1.24. The Bertz CT molecular complexity index is 771. The van der Waals surface area contributed by atoms with Crippen LogP contribution < -0.4 is 5.56 Å². The highest BCUT2D eigenvalue weighted by atomic mass is 16.1. The van der Waals surface area contributed by atoms with Crippen LogP contribution in [0.25, 0.3) is 22.4 Å². The standard InChI is InChI=1S/C18H15NO/c1-13-7-9-15(10-8-13)18-16(11-12-17(20)19-18)14-5-3-2-4-6-14/h2-12H,1H3,(H,19,20). The van der Waals surface area contributed by atoms with Crippen LogP contribution in [0.1, 0.15) is 5.56 Å². The van der Waals surface area contributed by atoms with Crippen molar-refractivity contribution in [1.29, 1.82) is 0 Å². The van der Waals surface area contributed by atoms with Crippen molar-refractivity contribution in [3.05, 3.63) is 82.6 Å². The first-order valence-corrected chi connectivity index (χ1v) is 6.60. The van der Waals surface area contributed by atoms with E-state index in [1.807, 2.05) is 48.5 Å². The van der Waals surface area contributed by atoms with Crippen LogP contribution in [0.3, 0.4) is 0 Å². The van der Waals surface area contributed by atoms with Crippen molar-refractivity contribution in [2.45, 2.75) is 6.92 Å². The smallest absolute Gasteiger partial charge is 0.248 e. The summed E-state index contributed by atoms with van der Waals surface area (Å²) in [6, 6.07) is 21.7. The number of pyridine rings is 1. The molecule has 0 saturated heterocycles. The van der Waals surface area contributed by atoms with Gasteiger partial charge in [-0.1, -0.05) is 60.2 Å². The first-order chi connectivity index (χ1) is 9.74. The highest BCUT2D eigenvalue weighted by molar-refractivity contribution is 5.80. The highest BCUT2D eigenvalue weighted by Crippen LogP contribution is 2.29. The summed E-state index contributed by atoms with van der Waals surface area (Å²) in [7, 11) is 0. The van der Waals surface area contributed by atoms with Gasteiger partial charge in [-0.25, -0.2) is 0 Å². The maximum absolute atomic E-state index is 11.7. The molecule has 2 heteroatoms. The molecule has 0 aliphatic carbocycles. The average Bonchev–Trinajstić information content (AvgIpc) is 2.49. The van der Waals surface area contributed by atoms with E-state index in [9.17, 15) is 4.79 Å². The molecule has 0 amide bonds. The third-order valence-electron chi connectivity index (χ3n) is 3.34. The molecule has 2 aromatic carbocycles. The molecule has 1 aromatic heterocycles. The predicted octanol–water partition coefficient (Wildman–Crippen LogP) is 4.02. The third-order valence-corrected chi connectivity index (χ3v) is 3.34. The maximum atomic E-state index is 11.7. The van der Waals surface area contributed by atoms with Crippen molar-refractivity contribution in [3.63, 3.8) is 0 Å². The summed E-state index contributed by atoms with van der Waals surface area (Å²) in [4.78, 5) is 14.6. The fraction of sp³-hybridized carbons (Fsp3) is 0.0556. The van der Waals surface area contributed by atoms with Gasteiger partial charge < -0.3 is 4.98 Å². The monoisotopic (exact) mass is 261 g/mol. The van der Waals surface area contributed by atoms with E-state index in [2.05, 4.69) is 24.0 Å². The van der Waals surface area contributed by atoms with Gasteiger partial charge in [-0.2, -0.15) is 0 Å². The summed E-state index contributed by atoms with van der Waals surface area (Å²) in [5, 5.41) is 0. The number of aryl methyl sites for hydroxylation is 1. The molecule has 3 rings (SSSR count). The van der Waals surface area contributed by atoms with Gasteiger partial charge in [0, 0.05) is 11.6 Å². The highest BCUT2D eigenvalue weighted by Gasteiger charge is 2.08. The summed E-state index contributed by atoms with van der Waals surface area (Å²) < 4.78 is 0. The lowest BCUT2D eigenvalue weighted by Crippen LogP contribution is -2.05. The number of hydrogen-bond acceptors (Lipinski definition) is 1. The number of nitrogens with one attached hydrogen (secondary N) is 1. The minimum Gasteiger partial charge on any atom is -0.321 e. The third kappa shape index (κ3) is 2.41. The zero-order valence-electron chi connectivity index (χ0n) is 11.3. The zero-order valence-corrected chi connectivity index (χ0v) is 11.3. The summed E-state index contributed by atoms with van der Waals surface area (Å²) in [6.45, 7) is 2.05. The maximum Gasteiger partial charge on any atom is 0.248 e. The molecule has 0 bridgehead atoms. The Labute approximate surface area is 117 Å². The van der Waals surface area contributed by atoms with Crippen molar-refractivity contribution < 1.29 is 0 Å². The van der Waals surface area contributed by atoms with Crippen LogP contribution >= 0.6 is 0 Å². The molecular formula is C18H15NO. The molecule has 2 nitrogen and oxygen atoms in total. The van der Waals surface area contributed by atoms with Crippen LogP contribution in [-0.4, -0.2) is 4.98 Å². The van der Waals surface area contributed by atoms with Gasteiger partial charge in [0.15, 0.2) is 0 Å². The van der Waals surface area contributed by atoms with Gasteiger partial charge in [0.05, 0.1) is 5.69 Å². The Balaban J connectivity index is 2.22. The zero-order chi connectivity index (χ0) is 13.9. The normalized spacial score (nSPS) is 10.4. The van der Waals surface area contributed by atoms with Crippen molar-refractivity contribution >= 4 is 0 Å². The predicted molar refractivity (Wildman–Crippen MR) is 82.7 cm³/mol. The molecule has 0 spiro atoms. The first kappa shape index (κ1) is 12.4. The van der Waals surface area contributed by atoms with Crippen LogP contribution in [0.2, 0.25) is 0 Å². The van der Waals surface area contributed by atoms with Crippen molar-refractivity contribution in [2.24, 2.45) is 0 Å². The van der Waals surface area contributed by atoms with Gasteiger partial charge in [0.2, 0.25) is 5.56 Å². The quantitative estimate of drug-likeness (QED) is 0.742. The largest absolute Gasteiger partial charge is 0.321 e. The van der Waals surface area contributed by atoms with Gasteiger partial charge in [-0.05, 0) is 24.1 Å². The number of rotatable bonds is 2. The van der Waals surface area contributed by atoms with E-state index in [-0.39, 0.29) is 5.56 Å². The Morgan fingerprint density at radius 2 is 1.45 bits per heavy atom. The Morgan fingerprint density at radius 3 is 2.15 bits per heavy atom. The molecule has 0 radical (unpaired) electrons.